The number of aryl methyl sites for hydroxylation is 1. The van der Waals surface area contributed by atoms with Gasteiger partial charge in [0.1, 0.15) is 0 Å². The maximum Gasteiger partial charge on any atom is 0.309 e. The maximum absolute atomic E-state index is 13.3. The Labute approximate surface area is 91.1 Å². The summed E-state index contributed by atoms with van der Waals surface area (Å²) in [5.41, 5.74) is -1.11. The van der Waals surface area contributed by atoms with Crippen LogP contribution in [0.3, 0.4) is 0 Å². The second-order valence-electron chi connectivity index (χ2n) is 3.28. The van der Waals surface area contributed by atoms with Gasteiger partial charge >= 0.3 is 5.69 Å². The molecule has 16 heavy (non-hydrogen) atoms. The van der Waals surface area contributed by atoms with Crippen LogP contribution in [-0.2, 0) is 10.0 Å². The van der Waals surface area contributed by atoms with Gasteiger partial charge in [0.2, 0.25) is 15.8 Å². The molecule has 88 valence electrons. The zero-order valence-corrected chi connectivity index (χ0v) is 9.34. The molecule has 0 unspecified atom stereocenters. The molecule has 0 saturated carbocycles. The summed E-state index contributed by atoms with van der Waals surface area (Å²) in [6.07, 6.45) is 0. The largest absolute Gasteiger partial charge is 0.309 e. The molecule has 0 saturated heterocycles. The summed E-state index contributed by atoms with van der Waals surface area (Å²) in [6.45, 7) is 2.47. The zero-order valence-electron chi connectivity index (χ0n) is 8.52. The van der Waals surface area contributed by atoms with Gasteiger partial charge in [-0.15, -0.1) is 0 Å². The number of hydrogen-bond acceptors (Lipinski definition) is 4. The molecule has 0 fully saturated rings. The lowest BCUT2D eigenvalue weighted by atomic mass is 10.1. The molecule has 0 aliphatic heterocycles. The van der Waals surface area contributed by atoms with E-state index < -0.39 is 31.3 Å². The van der Waals surface area contributed by atoms with E-state index >= 15 is 0 Å². The number of rotatable bonds is 2. The molecular weight excluding hydrogens is 239 g/mol. The zero-order chi connectivity index (χ0) is 12.7. The highest BCUT2D eigenvalue weighted by Crippen LogP contribution is 2.30. The molecule has 6 nitrogen and oxygen atoms in total. The third kappa shape index (κ3) is 2.02. The minimum atomic E-state index is -4.11. The van der Waals surface area contributed by atoms with Gasteiger partial charge in [-0.25, -0.2) is 13.6 Å². The van der Waals surface area contributed by atoms with Gasteiger partial charge in [-0.3, -0.25) is 10.1 Å². The molecule has 0 bridgehead atoms. The molecule has 0 aliphatic carbocycles. The Morgan fingerprint density at radius 1 is 1.44 bits per heavy atom. The maximum atomic E-state index is 13.3. The van der Waals surface area contributed by atoms with E-state index in [9.17, 15) is 22.9 Å². The SMILES string of the molecule is Cc1cc(F)c([N+](=O)[O-])c(C)c1S(N)(=O)=O. The minimum absolute atomic E-state index is 0.0445. The number of nitro groups is 1. The fraction of sp³-hybridized carbons (Fsp3) is 0.250. The number of hydrogen-bond donors (Lipinski definition) is 1. The van der Waals surface area contributed by atoms with Crippen LogP contribution in [0, 0.1) is 29.8 Å². The lowest BCUT2D eigenvalue weighted by Gasteiger charge is -2.08. The van der Waals surface area contributed by atoms with Crippen LogP contribution in [0.1, 0.15) is 11.1 Å². The van der Waals surface area contributed by atoms with Crippen molar-refractivity contribution in [1.29, 1.82) is 0 Å². The van der Waals surface area contributed by atoms with E-state index in [4.69, 9.17) is 5.14 Å². The van der Waals surface area contributed by atoms with Crippen molar-refractivity contribution in [2.24, 2.45) is 5.14 Å². The molecule has 8 heteroatoms. The van der Waals surface area contributed by atoms with Gasteiger partial charge in [0.05, 0.1) is 15.4 Å². The third-order valence-electron chi connectivity index (χ3n) is 2.09. The second kappa shape index (κ2) is 3.80. The Morgan fingerprint density at radius 2 is 1.94 bits per heavy atom. The van der Waals surface area contributed by atoms with E-state index in [1.165, 1.54) is 6.92 Å². The summed E-state index contributed by atoms with van der Waals surface area (Å²) < 4.78 is 35.6. The highest BCUT2D eigenvalue weighted by Gasteiger charge is 2.27. The number of nitro benzene ring substituents is 1. The van der Waals surface area contributed by atoms with E-state index in [1.54, 1.807) is 0 Å². The molecular formula is C8H9FN2O4S. The number of benzene rings is 1. The second-order valence-corrected chi connectivity index (χ2v) is 4.78. The fourth-order valence-electron chi connectivity index (χ4n) is 1.57. The van der Waals surface area contributed by atoms with E-state index in [1.807, 2.05) is 0 Å². The van der Waals surface area contributed by atoms with Gasteiger partial charge in [-0.05, 0) is 25.5 Å². The lowest BCUT2D eigenvalue weighted by molar-refractivity contribution is -0.388. The number of halogens is 1. The first kappa shape index (κ1) is 12.5. The van der Waals surface area contributed by atoms with Crippen LogP contribution in [0.4, 0.5) is 10.1 Å². The molecule has 0 atom stereocenters. The molecule has 1 rings (SSSR count). The monoisotopic (exact) mass is 248 g/mol. The Kier molecular flexibility index (Phi) is 2.97. The predicted molar refractivity (Wildman–Crippen MR) is 53.9 cm³/mol. The summed E-state index contributed by atoms with van der Waals surface area (Å²) >= 11 is 0. The summed E-state index contributed by atoms with van der Waals surface area (Å²) in [4.78, 5) is 9.19. The highest BCUT2D eigenvalue weighted by molar-refractivity contribution is 7.89. The van der Waals surface area contributed by atoms with Gasteiger partial charge < -0.3 is 0 Å². The predicted octanol–water partition coefficient (Wildman–Crippen LogP) is 0.998. The van der Waals surface area contributed by atoms with Crippen molar-refractivity contribution in [3.63, 3.8) is 0 Å². The Hall–Kier alpha value is -1.54. The van der Waals surface area contributed by atoms with Gasteiger partial charge in [-0.2, -0.15) is 4.39 Å². The van der Waals surface area contributed by atoms with Gasteiger partial charge in [0.15, 0.2) is 0 Å². The quantitative estimate of drug-likeness (QED) is 0.622. The van der Waals surface area contributed by atoms with E-state index in [2.05, 4.69) is 0 Å². The number of nitrogens with two attached hydrogens (primary N) is 1. The van der Waals surface area contributed by atoms with Crippen molar-refractivity contribution in [1.82, 2.24) is 0 Å². The Balaban J connectivity index is 3.79. The first-order chi connectivity index (χ1) is 7.16. The Morgan fingerprint density at radius 3 is 2.31 bits per heavy atom. The van der Waals surface area contributed by atoms with Crippen LogP contribution in [0.5, 0.6) is 0 Å². The van der Waals surface area contributed by atoms with Gasteiger partial charge in [0, 0.05) is 0 Å². The Bertz CT molecular complexity index is 568. The van der Waals surface area contributed by atoms with Crippen molar-refractivity contribution < 1.29 is 17.7 Å². The van der Waals surface area contributed by atoms with Crippen molar-refractivity contribution in [3.8, 4) is 0 Å². The van der Waals surface area contributed by atoms with Gasteiger partial charge in [0.25, 0.3) is 0 Å². The first-order valence-electron chi connectivity index (χ1n) is 4.13. The molecule has 0 amide bonds. The van der Waals surface area contributed by atoms with Crippen molar-refractivity contribution in [2.75, 3.05) is 0 Å². The van der Waals surface area contributed by atoms with E-state index in [-0.39, 0.29) is 11.1 Å². The summed E-state index contributed by atoms with van der Waals surface area (Å²) in [5.74, 6) is -1.08. The molecule has 1 aromatic rings. The number of nitrogens with zero attached hydrogens (tertiary/aromatic N) is 1. The molecule has 2 N–H and O–H groups in total. The van der Waals surface area contributed by atoms with Crippen LogP contribution in [0.2, 0.25) is 0 Å². The lowest BCUT2D eigenvalue weighted by Crippen LogP contribution is -2.16. The minimum Gasteiger partial charge on any atom is -0.258 e. The van der Waals surface area contributed by atoms with Gasteiger partial charge in [-0.1, -0.05) is 0 Å². The van der Waals surface area contributed by atoms with Crippen LogP contribution >= 0.6 is 0 Å². The first-order valence-corrected chi connectivity index (χ1v) is 5.67. The molecule has 0 radical (unpaired) electrons. The molecule has 0 heterocycles. The summed E-state index contributed by atoms with van der Waals surface area (Å²) in [7, 11) is -4.11. The van der Waals surface area contributed by atoms with Crippen LogP contribution in [-0.4, -0.2) is 13.3 Å². The van der Waals surface area contributed by atoms with Crippen molar-refractivity contribution >= 4 is 15.7 Å². The average molecular weight is 248 g/mol. The topological polar surface area (TPSA) is 103 Å². The van der Waals surface area contributed by atoms with Crippen molar-refractivity contribution in [2.45, 2.75) is 18.7 Å². The van der Waals surface area contributed by atoms with Crippen LogP contribution in [0.25, 0.3) is 0 Å². The summed E-state index contributed by atoms with van der Waals surface area (Å²) in [6, 6.07) is 0.783. The van der Waals surface area contributed by atoms with E-state index in [0.717, 1.165) is 13.0 Å². The van der Waals surface area contributed by atoms with Crippen LogP contribution < -0.4 is 5.14 Å². The molecule has 1 aromatic carbocycles. The highest BCUT2D eigenvalue weighted by atomic mass is 32.2. The van der Waals surface area contributed by atoms with E-state index in [0.29, 0.717) is 0 Å². The third-order valence-corrected chi connectivity index (χ3v) is 3.29. The number of primary sulfonamides is 1. The average Bonchev–Trinajstić information content (AvgIpc) is 1.97. The summed E-state index contributed by atoms with van der Waals surface area (Å²) in [5, 5.41) is 15.5. The molecule has 0 aliphatic rings. The molecule has 0 aromatic heterocycles. The molecule has 0 spiro atoms. The normalized spacial score (nSPS) is 11.5. The van der Waals surface area contributed by atoms with Crippen LogP contribution in [0.15, 0.2) is 11.0 Å². The van der Waals surface area contributed by atoms with Crippen molar-refractivity contribution in [3.05, 3.63) is 33.1 Å². The smallest absolute Gasteiger partial charge is 0.258 e. The standard InChI is InChI=1S/C8H9FN2O4S/c1-4-3-6(9)7(11(12)13)5(2)8(4)16(10,14)15/h3H,1-2H3,(H2,10,14,15). The number of sulfonamides is 1. The fourth-order valence-corrected chi connectivity index (χ4v) is 2.60.